The second-order valence-electron chi connectivity index (χ2n) is 7.67. The highest BCUT2D eigenvalue weighted by Gasteiger charge is 2.24. The Morgan fingerprint density at radius 2 is 1.83 bits per heavy atom. The maximum absolute atomic E-state index is 12.9. The summed E-state index contributed by atoms with van der Waals surface area (Å²) >= 11 is 0. The van der Waals surface area contributed by atoms with Crippen molar-refractivity contribution < 1.29 is 19.4 Å². The fourth-order valence-corrected chi connectivity index (χ4v) is 3.33. The van der Waals surface area contributed by atoms with E-state index < -0.39 is 11.9 Å². The van der Waals surface area contributed by atoms with E-state index in [1.165, 1.54) is 0 Å². The Kier molecular flexibility index (Phi) is 7.91. The summed E-state index contributed by atoms with van der Waals surface area (Å²) < 4.78 is 5.38. The van der Waals surface area contributed by atoms with Crippen molar-refractivity contribution in [3.05, 3.63) is 52.3 Å². The van der Waals surface area contributed by atoms with Crippen molar-refractivity contribution in [2.24, 2.45) is 11.7 Å². The number of hydrogen-bond acceptors (Lipinski definition) is 5. The second kappa shape index (κ2) is 10.2. The highest BCUT2D eigenvalue weighted by molar-refractivity contribution is 5.99. The number of ether oxygens (including phenoxy) is 1. The van der Waals surface area contributed by atoms with Crippen molar-refractivity contribution in [3.63, 3.8) is 0 Å². The number of benzene rings is 1. The van der Waals surface area contributed by atoms with Gasteiger partial charge in [0.25, 0.3) is 0 Å². The molecule has 0 saturated carbocycles. The Balaban J connectivity index is 2.54. The predicted octanol–water partition coefficient (Wildman–Crippen LogP) is 4.04. The van der Waals surface area contributed by atoms with Crippen LogP contribution in [0.1, 0.15) is 59.6 Å². The number of aliphatic carboxylic acids is 1. The Morgan fingerprint density at radius 3 is 2.38 bits per heavy atom. The van der Waals surface area contributed by atoms with E-state index >= 15 is 0 Å². The van der Waals surface area contributed by atoms with Gasteiger partial charge < -0.3 is 15.6 Å². The van der Waals surface area contributed by atoms with E-state index in [1.807, 2.05) is 31.2 Å². The molecule has 6 nitrogen and oxygen atoms in total. The monoisotopic (exact) mass is 398 g/mol. The maximum Gasteiger partial charge on any atom is 0.340 e. The first-order valence-corrected chi connectivity index (χ1v) is 9.93. The molecule has 0 fully saturated rings. The minimum Gasteiger partial charge on any atom is -0.481 e. The molecule has 0 saturated heterocycles. The molecule has 0 amide bonds. The first kappa shape index (κ1) is 22.6. The summed E-state index contributed by atoms with van der Waals surface area (Å²) in [6.07, 6.45) is 0.986. The number of rotatable bonds is 9. The molecule has 2 rings (SSSR count). The predicted molar refractivity (Wildman–Crippen MR) is 113 cm³/mol. The number of nitrogens with two attached hydrogens (primary N) is 1. The number of esters is 1. The third kappa shape index (κ3) is 5.87. The van der Waals surface area contributed by atoms with Crippen LogP contribution >= 0.6 is 0 Å². The minimum absolute atomic E-state index is 0.0449. The number of aromatic nitrogens is 1. The molecule has 3 N–H and O–H groups in total. The standard InChI is InChI=1S/C23H30N2O4/c1-14(2)12-19-18(13-24)22(17-9-7-15(3)8-10-17)21(16(4)25-19)23(28)29-11-5-6-20(26)27/h7-10,14H,5-6,11-13,24H2,1-4H3,(H,26,27). The quantitative estimate of drug-likeness (QED) is 0.488. The van der Waals surface area contributed by atoms with Crippen LogP contribution in [0.15, 0.2) is 24.3 Å². The molecule has 0 spiro atoms. The lowest BCUT2D eigenvalue weighted by Crippen LogP contribution is -2.17. The summed E-state index contributed by atoms with van der Waals surface area (Å²) in [6.45, 7) is 8.35. The zero-order valence-corrected chi connectivity index (χ0v) is 17.6. The van der Waals surface area contributed by atoms with Gasteiger partial charge in [0.15, 0.2) is 0 Å². The number of carboxylic acids is 1. The maximum atomic E-state index is 12.9. The van der Waals surface area contributed by atoms with Crippen LogP contribution in [0.2, 0.25) is 0 Å². The number of carboxylic acid groups (broad SMARTS) is 1. The zero-order valence-electron chi connectivity index (χ0n) is 17.6. The van der Waals surface area contributed by atoms with Gasteiger partial charge in [0.05, 0.1) is 17.9 Å². The Hall–Kier alpha value is -2.73. The molecule has 29 heavy (non-hydrogen) atoms. The van der Waals surface area contributed by atoms with E-state index in [9.17, 15) is 9.59 Å². The molecule has 0 aliphatic rings. The van der Waals surface area contributed by atoms with E-state index in [2.05, 4.69) is 13.8 Å². The molecular weight excluding hydrogens is 368 g/mol. The number of carbonyl (C=O) groups is 2. The second-order valence-corrected chi connectivity index (χ2v) is 7.67. The van der Waals surface area contributed by atoms with Crippen LogP contribution in [-0.4, -0.2) is 28.6 Å². The van der Waals surface area contributed by atoms with Crippen LogP contribution in [0, 0.1) is 19.8 Å². The van der Waals surface area contributed by atoms with Crippen molar-refractivity contribution in [1.29, 1.82) is 0 Å². The number of hydrogen-bond donors (Lipinski definition) is 2. The van der Waals surface area contributed by atoms with E-state index in [1.54, 1.807) is 6.92 Å². The largest absolute Gasteiger partial charge is 0.481 e. The summed E-state index contributed by atoms with van der Waals surface area (Å²) in [4.78, 5) is 28.3. The summed E-state index contributed by atoms with van der Waals surface area (Å²) in [7, 11) is 0. The Morgan fingerprint density at radius 1 is 1.17 bits per heavy atom. The molecule has 2 aromatic rings. The van der Waals surface area contributed by atoms with Gasteiger partial charge in [-0.2, -0.15) is 0 Å². The molecule has 0 radical (unpaired) electrons. The third-order valence-corrected chi connectivity index (χ3v) is 4.68. The molecule has 1 aromatic heterocycles. The molecule has 0 aliphatic carbocycles. The molecule has 1 aromatic carbocycles. The first-order chi connectivity index (χ1) is 13.7. The van der Waals surface area contributed by atoms with Crippen LogP contribution in [0.25, 0.3) is 11.1 Å². The molecule has 6 heteroatoms. The van der Waals surface area contributed by atoms with Gasteiger partial charge >= 0.3 is 11.9 Å². The molecule has 0 unspecified atom stereocenters. The fourth-order valence-electron chi connectivity index (χ4n) is 3.33. The van der Waals surface area contributed by atoms with Crippen molar-refractivity contribution in [1.82, 2.24) is 4.98 Å². The highest BCUT2D eigenvalue weighted by atomic mass is 16.5. The normalized spacial score (nSPS) is 11.0. The van der Waals surface area contributed by atoms with Gasteiger partial charge in [-0.1, -0.05) is 43.7 Å². The summed E-state index contributed by atoms with van der Waals surface area (Å²) in [5, 5.41) is 8.76. The van der Waals surface area contributed by atoms with Crippen LogP contribution in [-0.2, 0) is 22.5 Å². The van der Waals surface area contributed by atoms with Crippen molar-refractivity contribution in [2.45, 2.75) is 53.5 Å². The van der Waals surface area contributed by atoms with Gasteiger partial charge in [-0.25, -0.2) is 4.79 Å². The average Bonchev–Trinajstić information content (AvgIpc) is 2.64. The lowest BCUT2D eigenvalue weighted by molar-refractivity contribution is -0.137. The van der Waals surface area contributed by atoms with Gasteiger partial charge in [-0.05, 0) is 43.7 Å². The van der Waals surface area contributed by atoms with Crippen LogP contribution in [0.4, 0.5) is 0 Å². The lowest BCUT2D eigenvalue weighted by Gasteiger charge is -2.20. The molecular formula is C23H30N2O4. The van der Waals surface area contributed by atoms with Crippen LogP contribution < -0.4 is 5.73 Å². The molecule has 0 aliphatic heterocycles. The zero-order chi connectivity index (χ0) is 21.6. The van der Waals surface area contributed by atoms with Crippen molar-refractivity contribution in [3.8, 4) is 11.1 Å². The van der Waals surface area contributed by atoms with Gasteiger partial charge in [0, 0.05) is 24.2 Å². The van der Waals surface area contributed by atoms with Gasteiger partial charge in [-0.15, -0.1) is 0 Å². The number of nitrogens with zero attached hydrogens (tertiary/aromatic N) is 1. The van der Waals surface area contributed by atoms with Gasteiger partial charge in [0.2, 0.25) is 0 Å². The van der Waals surface area contributed by atoms with Crippen molar-refractivity contribution in [2.75, 3.05) is 6.61 Å². The summed E-state index contributed by atoms with van der Waals surface area (Å²) in [5.74, 6) is -1.02. The fraction of sp³-hybridized carbons (Fsp3) is 0.435. The number of pyridine rings is 1. The van der Waals surface area contributed by atoms with E-state index in [4.69, 9.17) is 20.6 Å². The molecule has 156 valence electrons. The lowest BCUT2D eigenvalue weighted by atomic mass is 9.90. The Bertz CT molecular complexity index is 873. The van der Waals surface area contributed by atoms with E-state index in [-0.39, 0.29) is 26.0 Å². The van der Waals surface area contributed by atoms with Crippen LogP contribution in [0.3, 0.4) is 0 Å². The van der Waals surface area contributed by atoms with Gasteiger partial charge in [-0.3, -0.25) is 9.78 Å². The van der Waals surface area contributed by atoms with Crippen LogP contribution in [0.5, 0.6) is 0 Å². The van der Waals surface area contributed by atoms with Gasteiger partial charge in [0.1, 0.15) is 0 Å². The SMILES string of the molecule is Cc1ccc(-c2c(CN)c(CC(C)C)nc(C)c2C(=O)OCCCC(=O)O)cc1. The Labute approximate surface area is 172 Å². The first-order valence-electron chi connectivity index (χ1n) is 9.93. The third-order valence-electron chi connectivity index (χ3n) is 4.68. The van der Waals surface area contributed by atoms with Crippen molar-refractivity contribution >= 4 is 11.9 Å². The summed E-state index contributed by atoms with van der Waals surface area (Å²) in [6, 6.07) is 7.94. The topological polar surface area (TPSA) is 103 Å². The highest BCUT2D eigenvalue weighted by Crippen LogP contribution is 2.33. The van der Waals surface area contributed by atoms with E-state index in [0.717, 1.165) is 34.4 Å². The van der Waals surface area contributed by atoms with E-state index in [0.29, 0.717) is 17.2 Å². The average molecular weight is 399 g/mol. The molecule has 1 heterocycles. The minimum atomic E-state index is -0.914. The smallest absolute Gasteiger partial charge is 0.340 e. The summed E-state index contributed by atoms with van der Waals surface area (Å²) in [5.41, 5.74) is 11.6. The molecule has 0 atom stereocenters. The molecule has 0 bridgehead atoms. The number of aryl methyl sites for hydroxylation is 2. The number of carbonyl (C=O) groups excluding carboxylic acids is 1.